The zero-order valence-corrected chi connectivity index (χ0v) is 11.1. The minimum atomic E-state index is 0.210. The van der Waals surface area contributed by atoms with Crippen molar-refractivity contribution < 1.29 is 9.32 Å². The smallest absolute Gasteiger partial charge is 0.234 e. The molecule has 0 atom stereocenters. The van der Waals surface area contributed by atoms with Crippen molar-refractivity contribution in [2.45, 2.75) is 25.7 Å². The predicted octanol–water partition coefficient (Wildman–Crippen LogP) is 2.84. The molecule has 1 aromatic carbocycles. The van der Waals surface area contributed by atoms with Gasteiger partial charge in [0.2, 0.25) is 5.89 Å². The lowest BCUT2D eigenvalue weighted by Gasteiger charge is -1.96. The minimum Gasteiger partial charge on any atom is -0.339 e. The monoisotopic (exact) mass is 276 g/mol. The molecule has 1 heterocycles. The van der Waals surface area contributed by atoms with Crippen LogP contribution in [0.2, 0.25) is 5.02 Å². The second-order valence-corrected chi connectivity index (χ2v) is 5.26. The molecule has 0 radical (unpaired) electrons. The van der Waals surface area contributed by atoms with Gasteiger partial charge in [0.1, 0.15) is 5.78 Å². The van der Waals surface area contributed by atoms with Gasteiger partial charge in [-0.15, -0.1) is 0 Å². The molecule has 1 aromatic heterocycles. The third-order valence-electron chi connectivity index (χ3n) is 3.14. The Morgan fingerprint density at radius 3 is 2.74 bits per heavy atom. The summed E-state index contributed by atoms with van der Waals surface area (Å²) in [6.45, 7) is 0. The number of ketones is 1. The van der Waals surface area contributed by atoms with Gasteiger partial charge in [0.05, 0.1) is 6.42 Å². The third kappa shape index (κ3) is 3.20. The van der Waals surface area contributed by atoms with Crippen LogP contribution in [0.25, 0.3) is 0 Å². The quantitative estimate of drug-likeness (QED) is 0.843. The number of aromatic nitrogens is 2. The Labute approximate surface area is 115 Å². The molecular formula is C14H13ClN2O2. The summed E-state index contributed by atoms with van der Waals surface area (Å²) in [6.07, 6.45) is 2.85. The number of carbonyl (C=O) groups is 1. The van der Waals surface area contributed by atoms with E-state index in [-0.39, 0.29) is 18.1 Å². The number of carbonyl (C=O) groups excluding carboxylic acids is 1. The fourth-order valence-corrected chi connectivity index (χ4v) is 2.04. The Morgan fingerprint density at radius 2 is 2.05 bits per heavy atom. The van der Waals surface area contributed by atoms with Gasteiger partial charge in [0.15, 0.2) is 5.82 Å². The van der Waals surface area contributed by atoms with E-state index < -0.39 is 0 Å². The lowest BCUT2D eigenvalue weighted by Crippen LogP contribution is -2.05. The molecule has 0 spiro atoms. The van der Waals surface area contributed by atoms with Crippen molar-refractivity contribution in [1.29, 1.82) is 0 Å². The third-order valence-corrected chi connectivity index (χ3v) is 3.40. The van der Waals surface area contributed by atoms with Crippen LogP contribution < -0.4 is 0 Å². The van der Waals surface area contributed by atoms with Crippen molar-refractivity contribution >= 4 is 17.4 Å². The molecule has 1 aliphatic carbocycles. The number of nitrogens with zero attached hydrogens (tertiary/aromatic N) is 2. The zero-order valence-electron chi connectivity index (χ0n) is 10.3. The summed E-state index contributed by atoms with van der Waals surface area (Å²) >= 11 is 5.82. The van der Waals surface area contributed by atoms with E-state index in [9.17, 15) is 4.79 Å². The molecule has 98 valence electrons. The van der Waals surface area contributed by atoms with Gasteiger partial charge >= 0.3 is 0 Å². The molecule has 1 saturated carbocycles. The van der Waals surface area contributed by atoms with Crippen LogP contribution in [-0.4, -0.2) is 15.9 Å². The van der Waals surface area contributed by atoms with Crippen molar-refractivity contribution in [1.82, 2.24) is 10.1 Å². The molecule has 0 bridgehead atoms. The van der Waals surface area contributed by atoms with Crippen molar-refractivity contribution in [3.63, 3.8) is 0 Å². The lowest BCUT2D eigenvalue weighted by atomic mass is 10.1. The van der Waals surface area contributed by atoms with Crippen molar-refractivity contribution in [2.75, 3.05) is 0 Å². The molecule has 0 unspecified atom stereocenters. The molecule has 0 saturated heterocycles. The van der Waals surface area contributed by atoms with E-state index in [2.05, 4.69) is 10.1 Å². The number of rotatable bonds is 5. The molecule has 3 rings (SSSR count). The normalized spacial score (nSPS) is 14.6. The second kappa shape index (κ2) is 5.13. The molecule has 2 aromatic rings. The maximum absolute atomic E-state index is 11.6. The van der Waals surface area contributed by atoms with Gasteiger partial charge in [-0.05, 0) is 30.5 Å². The van der Waals surface area contributed by atoms with Gasteiger partial charge in [0.25, 0.3) is 0 Å². The number of hydrogen-bond donors (Lipinski definition) is 0. The Bertz CT molecular complexity index is 588. The minimum absolute atomic E-state index is 0.210. The van der Waals surface area contributed by atoms with Gasteiger partial charge in [-0.3, -0.25) is 4.79 Å². The van der Waals surface area contributed by atoms with Gasteiger partial charge in [0, 0.05) is 17.4 Å². The van der Waals surface area contributed by atoms with Crippen molar-refractivity contribution in [3.8, 4) is 0 Å². The summed E-state index contributed by atoms with van der Waals surface area (Å²) in [6, 6.07) is 7.50. The summed E-state index contributed by atoms with van der Waals surface area (Å²) in [5, 5.41) is 4.60. The Morgan fingerprint density at radius 1 is 1.32 bits per heavy atom. The van der Waals surface area contributed by atoms with E-state index in [1.54, 1.807) is 0 Å². The summed E-state index contributed by atoms with van der Waals surface area (Å²) in [4.78, 5) is 15.9. The summed E-state index contributed by atoms with van der Waals surface area (Å²) in [5.74, 6) is 1.45. The van der Waals surface area contributed by atoms with Crippen LogP contribution in [0.5, 0.6) is 0 Å². The molecule has 4 nitrogen and oxygen atoms in total. The van der Waals surface area contributed by atoms with Gasteiger partial charge < -0.3 is 4.52 Å². The molecular weight excluding hydrogens is 264 g/mol. The topological polar surface area (TPSA) is 56.0 Å². The molecule has 19 heavy (non-hydrogen) atoms. The van der Waals surface area contributed by atoms with E-state index in [1.165, 1.54) is 0 Å². The maximum atomic E-state index is 11.6. The first-order valence-corrected chi connectivity index (χ1v) is 6.67. The highest BCUT2D eigenvalue weighted by Crippen LogP contribution is 2.30. The zero-order chi connectivity index (χ0) is 13.2. The molecule has 1 fully saturated rings. The fourth-order valence-electron chi connectivity index (χ4n) is 1.92. The summed E-state index contributed by atoms with van der Waals surface area (Å²) < 4.78 is 5.10. The van der Waals surface area contributed by atoms with E-state index in [1.807, 2.05) is 24.3 Å². The molecule has 5 heteroatoms. The first-order valence-electron chi connectivity index (χ1n) is 6.29. The first-order chi connectivity index (χ1) is 9.20. The average molecular weight is 277 g/mol. The van der Waals surface area contributed by atoms with Crippen molar-refractivity contribution in [2.24, 2.45) is 5.92 Å². The molecule has 0 N–H and O–H groups in total. The van der Waals surface area contributed by atoms with Crippen LogP contribution in [0.4, 0.5) is 0 Å². The highest BCUT2D eigenvalue weighted by atomic mass is 35.5. The van der Waals surface area contributed by atoms with E-state index in [0.29, 0.717) is 23.2 Å². The highest BCUT2D eigenvalue weighted by Gasteiger charge is 2.30. The largest absolute Gasteiger partial charge is 0.339 e. The standard InChI is InChI=1S/C14H13ClN2O2/c15-11-5-1-9(2-6-11)7-13-16-14(19-17-13)8-12(18)10-3-4-10/h1-2,5-6,10H,3-4,7-8H2. The van der Waals surface area contributed by atoms with Gasteiger partial charge in [-0.2, -0.15) is 4.98 Å². The number of benzene rings is 1. The molecule has 0 aliphatic heterocycles. The molecule has 0 amide bonds. The second-order valence-electron chi connectivity index (χ2n) is 4.82. The van der Waals surface area contributed by atoms with Crippen LogP contribution >= 0.6 is 11.6 Å². The van der Waals surface area contributed by atoms with Crippen molar-refractivity contribution in [3.05, 3.63) is 46.6 Å². The van der Waals surface area contributed by atoms with Crippen LogP contribution in [0.3, 0.4) is 0 Å². The highest BCUT2D eigenvalue weighted by molar-refractivity contribution is 6.30. The average Bonchev–Trinajstić information content (AvgIpc) is 3.16. The first kappa shape index (κ1) is 12.4. The van der Waals surface area contributed by atoms with Crippen LogP contribution in [0.1, 0.15) is 30.1 Å². The SMILES string of the molecule is O=C(Cc1nc(Cc2ccc(Cl)cc2)no1)C1CC1. The summed E-state index contributed by atoms with van der Waals surface area (Å²) in [7, 11) is 0. The Hall–Kier alpha value is -1.68. The van der Waals surface area contributed by atoms with Crippen LogP contribution in [-0.2, 0) is 17.6 Å². The van der Waals surface area contributed by atoms with E-state index in [0.717, 1.165) is 18.4 Å². The van der Waals surface area contributed by atoms with E-state index in [4.69, 9.17) is 16.1 Å². The summed E-state index contributed by atoms with van der Waals surface area (Å²) in [5.41, 5.74) is 1.06. The predicted molar refractivity (Wildman–Crippen MR) is 70.0 cm³/mol. The number of hydrogen-bond acceptors (Lipinski definition) is 4. The van der Waals surface area contributed by atoms with Crippen LogP contribution in [0.15, 0.2) is 28.8 Å². The van der Waals surface area contributed by atoms with Crippen LogP contribution in [0, 0.1) is 5.92 Å². The molecule has 1 aliphatic rings. The maximum Gasteiger partial charge on any atom is 0.234 e. The van der Waals surface area contributed by atoms with Gasteiger partial charge in [-0.25, -0.2) is 0 Å². The fraction of sp³-hybridized carbons (Fsp3) is 0.357. The number of Topliss-reactive ketones (excluding diaryl/α,β-unsaturated/α-hetero) is 1. The Kier molecular flexibility index (Phi) is 3.34. The number of halogens is 1. The van der Waals surface area contributed by atoms with Gasteiger partial charge in [-0.1, -0.05) is 28.9 Å². The van der Waals surface area contributed by atoms with E-state index >= 15 is 0 Å². The lowest BCUT2D eigenvalue weighted by molar-refractivity contribution is -0.119. The Balaban J connectivity index is 1.64.